The minimum Gasteiger partial charge on any atom is -0.482 e. The van der Waals surface area contributed by atoms with E-state index in [0.717, 1.165) is 38.5 Å². The third kappa shape index (κ3) is 4.78. The number of fused-ring (bicyclic) bond motifs is 1. The normalized spacial score (nSPS) is 16.8. The van der Waals surface area contributed by atoms with Crippen molar-refractivity contribution in [2.75, 3.05) is 19.7 Å². The van der Waals surface area contributed by atoms with Gasteiger partial charge < -0.3 is 14.4 Å². The summed E-state index contributed by atoms with van der Waals surface area (Å²) in [6.45, 7) is 1.21. The van der Waals surface area contributed by atoms with E-state index in [0.29, 0.717) is 24.4 Å². The number of piperidine rings is 1. The lowest BCUT2D eigenvalue weighted by molar-refractivity contribution is -0.163. The molecule has 1 atom stereocenters. The van der Waals surface area contributed by atoms with Crippen molar-refractivity contribution in [1.82, 2.24) is 4.90 Å². The predicted molar refractivity (Wildman–Crippen MR) is 110 cm³/mol. The number of ether oxygens (including phenoxy) is 2. The second-order valence-corrected chi connectivity index (χ2v) is 7.74. The summed E-state index contributed by atoms with van der Waals surface area (Å²) in [4.78, 5) is 27.3. The van der Waals surface area contributed by atoms with Gasteiger partial charge in [0.05, 0.1) is 0 Å². The summed E-state index contributed by atoms with van der Waals surface area (Å²) in [6.07, 6.45) is 5.51. The number of carbonyl (C=O) groups excluding carboxylic acids is 2. The van der Waals surface area contributed by atoms with Crippen LogP contribution < -0.4 is 4.74 Å². The van der Waals surface area contributed by atoms with Crippen LogP contribution in [0.4, 0.5) is 0 Å². The maximum atomic E-state index is 13.0. The molecule has 1 saturated heterocycles. The van der Waals surface area contributed by atoms with Gasteiger partial charge in [-0.3, -0.25) is 4.79 Å². The van der Waals surface area contributed by atoms with Gasteiger partial charge in [0.2, 0.25) is 6.10 Å². The summed E-state index contributed by atoms with van der Waals surface area (Å²) in [5, 5.41) is 0. The Morgan fingerprint density at radius 3 is 2.45 bits per heavy atom. The summed E-state index contributed by atoms with van der Waals surface area (Å²) >= 11 is 0. The number of aryl methyl sites for hydroxylation is 2. The van der Waals surface area contributed by atoms with Crippen molar-refractivity contribution in [3.8, 4) is 5.75 Å². The van der Waals surface area contributed by atoms with E-state index in [9.17, 15) is 9.59 Å². The highest BCUT2D eigenvalue weighted by atomic mass is 16.6. The summed E-state index contributed by atoms with van der Waals surface area (Å²) in [5.41, 5.74) is 3.34. The zero-order valence-electron chi connectivity index (χ0n) is 16.6. The maximum Gasteiger partial charge on any atom is 0.345 e. The standard InChI is InChI=1S/C24H27NO4/c26-22(17-28-21-13-12-18-10-7-11-20(18)16-21)29-23(19-8-3-1-4-9-19)24(27)25-14-5-2-6-15-25/h1,3-4,8-9,12-13,16,23H,2,5-7,10-11,14-15,17H2. The number of likely N-dealkylation sites (tertiary alicyclic amines) is 1. The number of hydrogen-bond donors (Lipinski definition) is 0. The molecule has 0 radical (unpaired) electrons. The molecule has 5 heteroatoms. The number of carbonyl (C=O) groups is 2. The van der Waals surface area contributed by atoms with Crippen LogP contribution in [0.2, 0.25) is 0 Å². The van der Waals surface area contributed by atoms with E-state index < -0.39 is 12.1 Å². The van der Waals surface area contributed by atoms with Crippen LogP contribution in [0.1, 0.15) is 48.5 Å². The Morgan fingerprint density at radius 1 is 0.897 bits per heavy atom. The van der Waals surface area contributed by atoms with E-state index in [4.69, 9.17) is 9.47 Å². The van der Waals surface area contributed by atoms with E-state index in [1.807, 2.05) is 42.5 Å². The van der Waals surface area contributed by atoms with Crippen LogP contribution in [0.3, 0.4) is 0 Å². The molecule has 2 aliphatic rings. The Balaban J connectivity index is 1.41. The van der Waals surface area contributed by atoms with Crippen molar-refractivity contribution in [2.45, 2.75) is 44.6 Å². The topological polar surface area (TPSA) is 55.8 Å². The second kappa shape index (κ2) is 9.12. The molecule has 0 saturated carbocycles. The first-order valence-corrected chi connectivity index (χ1v) is 10.5. The SMILES string of the molecule is O=C(COc1ccc2c(c1)CCC2)OC(C(=O)N1CCCCC1)c1ccccc1. The number of esters is 1. The van der Waals surface area contributed by atoms with Gasteiger partial charge in [0.15, 0.2) is 6.61 Å². The molecular weight excluding hydrogens is 366 g/mol. The predicted octanol–water partition coefficient (Wildman–Crippen LogP) is 3.85. The molecule has 29 heavy (non-hydrogen) atoms. The molecule has 1 amide bonds. The van der Waals surface area contributed by atoms with Gasteiger partial charge in [0, 0.05) is 18.7 Å². The second-order valence-electron chi connectivity index (χ2n) is 7.74. The fourth-order valence-corrected chi connectivity index (χ4v) is 4.11. The van der Waals surface area contributed by atoms with Gasteiger partial charge in [-0.15, -0.1) is 0 Å². The fraction of sp³-hybridized carbons (Fsp3) is 0.417. The molecule has 2 aromatic rings. The van der Waals surface area contributed by atoms with E-state index in [2.05, 4.69) is 6.07 Å². The smallest absolute Gasteiger partial charge is 0.345 e. The third-order valence-electron chi connectivity index (χ3n) is 5.67. The zero-order valence-corrected chi connectivity index (χ0v) is 16.6. The molecule has 5 nitrogen and oxygen atoms in total. The molecule has 0 N–H and O–H groups in total. The molecule has 0 bridgehead atoms. The Bertz CT molecular complexity index is 858. The Hall–Kier alpha value is -2.82. The first-order valence-electron chi connectivity index (χ1n) is 10.5. The highest BCUT2D eigenvalue weighted by Gasteiger charge is 2.30. The van der Waals surface area contributed by atoms with Gasteiger partial charge >= 0.3 is 5.97 Å². The van der Waals surface area contributed by atoms with E-state index >= 15 is 0 Å². The van der Waals surface area contributed by atoms with Gasteiger partial charge in [-0.2, -0.15) is 0 Å². The van der Waals surface area contributed by atoms with Crippen molar-refractivity contribution in [3.05, 3.63) is 65.2 Å². The van der Waals surface area contributed by atoms with Crippen LogP contribution in [-0.4, -0.2) is 36.5 Å². The minimum atomic E-state index is -0.926. The number of hydrogen-bond acceptors (Lipinski definition) is 4. The van der Waals surface area contributed by atoms with Crippen molar-refractivity contribution < 1.29 is 19.1 Å². The quantitative estimate of drug-likeness (QED) is 0.700. The summed E-state index contributed by atoms with van der Waals surface area (Å²) in [7, 11) is 0. The number of nitrogens with zero attached hydrogens (tertiary/aromatic N) is 1. The highest BCUT2D eigenvalue weighted by molar-refractivity contribution is 5.85. The van der Waals surface area contributed by atoms with Crippen molar-refractivity contribution >= 4 is 11.9 Å². The molecule has 4 rings (SSSR count). The number of rotatable bonds is 6. The molecule has 2 aromatic carbocycles. The van der Waals surface area contributed by atoms with Crippen molar-refractivity contribution in [1.29, 1.82) is 0 Å². The Morgan fingerprint density at radius 2 is 1.66 bits per heavy atom. The van der Waals surface area contributed by atoms with Crippen LogP contribution in [0.15, 0.2) is 48.5 Å². The van der Waals surface area contributed by atoms with E-state index in [1.165, 1.54) is 11.1 Å². The van der Waals surface area contributed by atoms with Gasteiger partial charge in [0.25, 0.3) is 5.91 Å². The molecule has 1 heterocycles. The first kappa shape index (κ1) is 19.5. The molecule has 0 spiro atoms. The molecule has 0 aromatic heterocycles. The molecule has 1 fully saturated rings. The van der Waals surface area contributed by atoms with Gasteiger partial charge in [0.1, 0.15) is 5.75 Å². The summed E-state index contributed by atoms with van der Waals surface area (Å²) < 4.78 is 11.3. The lowest BCUT2D eigenvalue weighted by atomic mass is 10.1. The molecule has 1 aliphatic carbocycles. The molecule has 152 valence electrons. The van der Waals surface area contributed by atoms with Crippen LogP contribution in [-0.2, 0) is 27.2 Å². The lowest BCUT2D eigenvalue weighted by Gasteiger charge is -2.30. The highest BCUT2D eigenvalue weighted by Crippen LogP contribution is 2.26. The molecular formula is C24H27NO4. The Kier molecular flexibility index (Phi) is 6.13. The zero-order chi connectivity index (χ0) is 20.1. The third-order valence-corrected chi connectivity index (χ3v) is 5.67. The Labute approximate surface area is 171 Å². The molecule has 1 unspecified atom stereocenters. The summed E-state index contributed by atoms with van der Waals surface area (Å²) in [5.74, 6) is -0.0206. The van der Waals surface area contributed by atoms with Crippen LogP contribution >= 0.6 is 0 Å². The molecule has 1 aliphatic heterocycles. The number of amides is 1. The van der Waals surface area contributed by atoms with E-state index in [-0.39, 0.29) is 12.5 Å². The van der Waals surface area contributed by atoms with Crippen LogP contribution in [0.5, 0.6) is 5.75 Å². The largest absolute Gasteiger partial charge is 0.482 e. The fourth-order valence-electron chi connectivity index (χ4n) is 4.11. The van der Waals surface area contributed by atoms with Gasteiger partial charge in [-0.1, -0.05) is 36.4 Å². The van der Waals surface area contributed by atoms with Crippen molar-refractivity contribution in [2.24, 2.45) is 0 Å². The average Bonchev–Trinajstić information content (AvgIpc) is 3.25. The lowest BCUT2D eigenvalue weighted by Crippen LogP contribution is -2.40. The average molecular weight is 393 g/mol. The first-order chi connectivity index (χ1) is 14.2. The monoisotopic (exact) mass is 393 g/mol. The number of benzene rings is 2. The van der Waals surface area contributed by atoms with Crippen molar-refractivity contribution in [3.63, 3.8) is 0 Å². The van der Waals surface area contributed by atoms with Gasteiger partial charge in [-0.05, 0) is 61.8 Å². The minimum absolute atomic E-state index is 0.151. The van der Waals surface area contributed by atoms with Crippen LogP contribution in [0, 0.1) is 0 Å². The van der Waals surface area contributed by atoms with E-state index in [1.54, 1.807) is 4.90 Å². The van der Waals surface area contributed by atoms with Crippen LogP contribution in [0.25, 0.3) is 0 Å². The maximum absolute atomic E-state index is 13.0. The van der Waals surface area contributed by atoms with Gasteiger partial charge in [-0.25, -0.2) is 4.79 Å². The summed E-state index contributed by atoms with van der Waals surface area (Å²) in [6, 6.07) is 15.2.